The van der Waals surface area contributed by atoms with Gasteiger partial charge in [-0.2, -0.15) is 0 Å². The lowest BCUT2D eigenvalue weighted by Gasteiger charge is -2.33. The quantitative estimate of drug-likeness (QED) is 0.854. The molecule has 0 bridgehead atoms. The van der Waals surface area contributed by atoms with Crippen molar-refractivity contribution in [2.45, 2.75) is 26.3 Å². The number of alkyl halides is 2. The number of aromatic nitrogens is 1. The van der Waals surface area contributed by atoms with Crippen molar-refractivity contribution in [1.29, 1.82) is 0 Å². The predicted octanol–water partition coefficient (Wildman–Crippen LogP) is 3.39. The molecular formula is C16H19F2N3O2S2. The lowest BCUT2D eigenvalue weighted by molar-refractivity contribution is -0.128. The first-order valence-corrected chi connectivity index (χ1v) is 9.52. The van der Waals surface area contributed by atoms with Gasteiger partial charge in [-0.05, 0) is 26.0 Å². The van der Waals surface area contributed by atoms with E-state index in [9.17, 15) is 13.6 Å². The minimum Gasteiger partial charge on any atom is -0.378 e. The predicted molar refractivity (Wildman–Crippen MR) is 95.7 cm³/mol. The van der Waals surface area contributed by atoms with E-state index in [1.54, 1.807) is 11.3 Å². The number of thiazole rings is 1. The highest BCUT2D eigenvalue weighted by Crippen LogP contribution is 2.34. The molecule has 25 heavy (non-hydrogen) atoms. The average Bonchev–Trinajstić information content (AvgIpc) is 3.13. The zero-order valence-corrected chi connectivity index (χ0v) is 15.6. The van der Waals surface area contributed by atoms with E-state index in [0.29, 0.717) is 18.3 Å². The molecule has 0 radical (unpaired) electrons. The number of nitrogens with one attached hydrogen (secondary N) is 1. The number of amides is 1. The third-order valence-corrected chi connectivity index (χ3v) is 5.81. The smallest absolute Gasteiger partial charge is 0.251 e. The van der Waals surface area contributed by atoms with Crippen LogP contribution < -0.4 is 5.32 Å². The minimum atomic E-state index is -2.48. The maximum Gasteiger partial charge on any atom is 0.251 e. The van der Waals surface area contributed by atoms with Crippen molar-refractivity contribution >= 4 is 33.7 Å². The molecular weight excluding hydrogens is 368 g/mol. The molecule has 1 amide bonds. The van der Waals surface area contributed by atoms with Crippen LogP contribution in [0.3, 0.4) is 0 Å². The largest absolute Gasteiger partial charge is 0.378 e. The number of nitrogens with zero attached hydrogens (tertiary/aromatic N) is 2. The van der Waals surface area contributed by atoms with Gasteiger partial charge in [-0.15, -0.1) is 22.7 Å². The molecule has 0 aromatic carbocycles. The van der Waals surface area contributed by atoms with E-state index in [2.05, 4.69) is 10.3 Å². The van der Waals surface area contributed by atoms with Crippen LogP contribution in [0.5, 0.6) is 0 Å². The molecule has 3 rings (SSSR count). The topological polar surface area (TPSA) is 54.5 Å². The fraction of sp³-hybridized carbons (Fsp3) is 0.500. The summed E-state index contributed by atoms with van der Waals surface area (Å²) in [4.78, 5) is 21.7. The van der Waals surface area contributed by atoms with Gasteiger partial charge < -0.3 is 10.1 Å². The standard InChI is InChI=1S/C16H19F2N3O2S2/c1-9-3-4-12(24-9)14-10(2)25-16(19-14)20-15(22)11-8-23-6-5-21(11)7-13(17)18/h3-4,11,13H,5-8H2,1-2H3,(H,19,20,22)/t11-/m1/s1. The zero-order valence-electron chi connectivity index (χ0n) is 13.9. The molecule has 0 saturated carbocycles. The Morgan fingerprint density at radius 3 is 2.92 bits per heavy atom. The maximum absolute atomic E-state index is 12.7. The number of anilines is 1. The number of morpholine rings is 1. The van der Waals surface area contributed by atoms with Gasteiger partial charge >= 0.3 is 0 Å². The second-order valence-corrected chi connectivity index (χ2v) is 8.29. The fourth-order valence-corrected chi connectivity index (χ4v) is 4.51. The number of carbonyl (C=O) groups excluding carboxylic acids is 1. The highest BCUT2D eigenvalue weighted by Gasteiger charge is 2.31. The molecule has 0 unspecified atom stereocenters. The summed E-state index contributed by atoms with van der Waals surface area (Å²) in [5.74, 6) is -0.358. The Morgan fingerprint density at radius 1 is 1.44 bits per heavy atom. The Kier molecular flexibility index (Phi) is 5.78. The molecule has 1 aliphatic heterocycles. The van der Waals surface area contributed by atoms with Crippen LogP contribution in [0.25, 0.3) is 10.6 Å². The average molecular weight is 387 g/mol. The summed E-state index contributed by atoms with van der Waals surface area (Å²) in [6, 6.07) is 3.31. The Morgan fingerprint density at radius 2 is 2.24 bits per heavy atom. The summed E-state index contributed by atoms with van der Waals surface area (Å²) in [5.41, 5.74) is 0.850. The lowest BCUT2D eigenvalue weighted by Crippen LogP contribution is -2.53. The van der Waals surface area contributed by atoms with Gasteiger partial charge in [-0.25, -0.2) is 13.8 Å². The van der Waals surface area contributed by atoms with Gasteiger partial charge in [0.2, 0.25) is 5.91 Å². The van der Waals surface area contributed by atoms with Crippen LogP contribution in [0, 0.1) is 13.8 Å². The van der Waals surface area contributed by atoms with E-state index in [0.717, 1.165) is 15.4 Å². The summed E-state index contributed by atoms with van der Waals surface area (Å²) < 4.78 is 30.7. The van der Waals surface area contributed by atoms with Crippen LogP contribution in [0.1, 0.15) is 9.75 Å². The molecule has 5 nitrogen and oxygen atoms in total. The highest BCUT2D eigenvalue weighted by atomic mass is 32.1. The second kappa shape index (κ2) is 7.86. The Balaban J connectivity index is 1.72. The molecule has 1 aliphatic rings. The van der Waals surface area contributed by atoms with Crippen molar-refractivity contribution in [3.63, 3.8) is 0 Å². The first-order valence-electron chi connectivity index (χ1n) is 7.89. The molecule has 1 N–H and O–H groups in total. The Hall–Kier alpha value is -1.42. The van der Waals surface area contributed by atoms with Crippen LogP contribution in [0.2, 0.25) is 0 Å². The maximum atomic E-state index is 12.7. The number of hydrogen-bond donors (Lipinski definition) is 1. The first kappa shape index (κ1) is 18.4. The molecule has 2 aromatic heterocycles. The molecule has 136 valence electrons. The van der Waals surface area contributed by atoms with Crippen molar-refractivity contribution in [3.05, 3.63) is 21.9 Å². The molecule has 0 aliphatic carbocycles. The fourth-order valence-electron chi connectivity index (χ4n) is 2.70. The second-order valence-electron chi connectivity index (χ2n) is 5.80. The molecule has 1 fully saturated rings. The number of thiophene rings is 1. The van der Waals surface area contributed by atoms with Gasteiger partial charge in [-0.1, -0.05) is 0 Å². The van der Waals surface area contributed by atoms with Gasteiger partial charge in [0.25, 0.3) is 6.43 Å². The SMILES string of the molecule is Cc1ccc(-c2nc(NC(=O)[C@H]3COCCN3CC(F)F)sc2C)s1. The number of aryl methyl sites for hydroxylation is 2. The van der Waals surface area contributed by atoms with Gasteiger partial charge in [0.1, 0.15) is 6.04 Å². The summed E-state index contributed by atoms with van der Waals surface area (Å²) in [5, 5.41) is 3.24. The highest BCUT2D eigenvalue weighted by molar-refractivity contribution is 7.18. The normalized spacial score (nSPS) is 18.7. The first-order chi connectivity index (χ1) is 11.9. The van der Waals surface area contributed by atoms with Gasteiger partial charge in [-0.3, -0.25) is 9.69 Å². The molecule has 9 heteroatoms. The van der Waals surface area contributed by atoms with Crippen molar-refractivity contribution in [2.75, 3.05) is 31.6 Å². The third kappa shape index (κ3) is 4.41. The van der Waals surface area contributed by atoms with Gasteiger partial charge in [0.05, 0.1) is 30.3 Å². The van der Waals surface area contributed by atoms with Gasteiger partial charge in [0.15, 0.2) is 5.13 Å². The van der Waals surface area contributed by atoms with Crippen molar-refractivity contribution in [2.24, 2.45) is 0 Å². The van der Waals surface area contributed by atoms with E-state index in [1.165, 1.54) is 21.1 Å². The third-order valence-electron chi connectivity index (χ3n) is 3.91. The number of hydrogen-bond acceptors (Lipinski definition) is 6. The van der Waals surface area contributed by atoms with E-state index in [-0.39, 0.29) is 12.5 Å². The number of rotatable bonds is 5. The number of carbonyl (C=O) groups is 1. The van der Waals surface area contributed by atoms with Crippen LogP contribution in [-0.4, -0.2) is 54.6 Å². The van der Waals surface area contributed by atoms with E-state index in [4.69, 9.17) is 4.74 Å². The Labute approximate surface area is 152 Å². The number of ether oxygens (including phenoxy) is 1. The summed E-state index contributed by atoms with van der Waals surface area (Å²) in [7, 11) is 0. The van der Waals surface area contributed by atoms with Crippen molar-refractivity contribution in [3.8, 4) is 10.6 Å². The summed E-state index contributed by atoms with van der Waals surface area (Å²) in [6.07, 6.45) is -2.48. The van der Waals surface area contributed by atoms with Crippen molar-refractivity contribution < 1.29 is 18.3 Å². The lowest BCUT2D eigenvalue weighted by atomic mass is 10.2. The monoisotopic (exact) mass is 387 g/mol. The van der Waals surface area contributed by atoms with Crippen molar-refractivity contribution in [1.82, 2.24) is 9.88 Å². The van der Waals surface area contributed by atoms with Gasteiger partial charge in [0, 0.05) is 16.3 Å². The summed E-state index contributed by atoms with van der Waals surface area (Å²) in [6.45, 7) is 4.33. The van der Waals surface area contributed by atoms with Crippen LogP contribution in [-0.2, 0) is 9.53 Å². The molecule has 0 spiro atoms. The molecule has 1 saturated heterocycles. The van der Waals surface area contributed by atoms with Crippen LogP contribution in [0.15, 0.2) is 12.1 Å². The van der Waals surface area contributed by atoms with E-state index < -0.39 is 19.0 Å². The molecule has 3 heterocycles. The summed E-state index contributed by atoms with van der Waals surface area (Å²) >= 11 is 3.02. The van der Waals surface area contributed by atoms with E-state index >= 15 is 0 Å². The molecule has 1 atom stereocenters. The zero-order chi connectivity index (χ0) is 18.0. The Bertz CT molecular complexity index is 748. The van der Waals surface area contributed by atoms with E-state index in [1.807, 2.05) is 26.0 Å². The van der Waals surface area contributed by atoms with Crippen LogP contribution in [0.4, 0.5) is 13.9 Å². The van der Waals surface area contributed by atoms with Crippen LogP contribution >= 0.6 is 22.7 Å². The number of halogens is 2. The minimum absolute atomic E-state index is 0.111. The molecule has 2 aromatic rings.